The fourth-order valence-electron chi connectivity index (χ4n) is 2.51. The van der Waals surface area contributed by atoms with Crippen LogP contribution in [0.4, 0.5) is 0 Å². The molecule has 0 fully saturated rings. The molecule has 0 radical (unpaired) electrons. The molecule has 0 bridgehead atoms. The summed E-state index contributed by atoms with van der Waals surface area (Å²) in [5.41, 5.74) is 4.29. The van der Waals surface area contributed by atoms with Gasteiger partial charge in [-0.2, -0.15) is 5.10 Å². The first-order chi connectivity index (χ1) is 10.3. The monoisotopic (exact) mass is 287 g/mol. The molecule has 0 spiro atoms. The molecule has 1 heterocycles. The predicted molar refractivity (Wildman–Crippen MR) is 84.5 cm³/mol. The smallest absolute Gasteiger partial charge is 0.138 e. The van der Waals surface area contributed by atoms with Gasteiger partial charge in [-0.05, 0) is 31.2 Å². The van der Waals surface area contributed by atoms with Gasteiger partial charge in [0, 0.05) is 19.0 Å². The number of nitrogens with zero attached hydrogens (tertiary/aromatic N) is 3. The number of rotatable bonds is 9. The van der Waals surface area contributed by atoms with E-state index in [1.165, 1.54) is 5.56 Å². The van der Waals surface area contributed by atoms with Crippen molar-refractivity contribution in [2.45, 2.75) is 51.6 Å². The number of hydrogen-bond acceptors (Lipinski definition) is 4. The molecule has 0 aliphatic carbocycles. The summed E-state index contributed by atoms with van der Waals surface area (Å²) in [6.07, 6.45) is 6.74. The van der Waals surface area contributed by atoms with Crippen LogP contribution in [0.25, 0.3) is 0 Å². The number of nitrogens with two attached hydrogens (primary N) is 1. The maximum absolute atomic E-state index is 5.69. The summed E-state index contributed by atoms with van der Waals surface area (Å²) in [6.45, 7) is 3.06. The highest BCUT2D eigenvalue weighted by Crippen LogP contribution is 2.09. The lowest BCUT2D eigenvalue weighted by Crippen LogP contribution is -2.37. The van der Waals surface area contributed by atoms with E-state index in [2.05, 4.69) is 46.7 Å². The molecule has 21 heavy (non-hydrogen) atoms. The molecule has 5 heteroatoms. The number of benzene rings is 1. The minimum atomic E-state index is 0.244. The van der Waals surface area contributed by atoms with Gasteiger partial charge >= 0.3 is 0 Å². The van der Waals surface area contributed by atoms with Gasteiger partial charge in [-0.3, -0.25) is 16.0 Å². The van der Waals surface area contributed by atoms with Crippen molar-refractivity contribution < 1.29 is 0 Å². The summed E-state index contributed by atoms with van der Waals surface area (Å²) in [6, 6.07) is 10.8. The van der Waals surface area contributed by atoms with E-state index in [0.29, 0.717) is 0 Å². The molecule has 0 aliphatic rings. The lowest BCUT2D eigenvalue weighted by Gasteiger charge is -2.15. The molecular formula is C16H25N5. The predicted octanol–water partition coefficient (Wildman–Crippen LogP) is 2.09. The van der Waals surface area contributed by atoms with E-state index in [0.717, 1.165) is 44.5 Å². The zero-order chi connectivity index (χ0) is 14.9. The Kier molecular flexibility index (Phi) is 6.37. The first-order valence-electron chi connectivity index (χ1n) is 7.70. The Labute approximate surface area is 126 Å². The lowest BCUT2D eigenvalue weighted by molar-refractivity contribution is 0.450. The fraction of sp³-hybridized carbons (Fsp3) is 0.500. The Bertz CT molecular complexity index is 508. The highest BCUT2D eigenvalue weighted by Gasteiger charge is 2.12. The lowest BCUT2D eigenvalue weighted by atomic mass is 10.0. The van der Waals surface area contributed by atoms with Crippen molar-refractivity contribution >= 4 is 0 Å². The van der Waals surface area contributed by atoms with Crippen LogP contribution in [-0.4, -0.2) is 20.8 Å². The van der Waals surface area contributed by atoms with Crippen molar-refractivity contribution in [2.24, 2.45) is 5.84 Å². The zero-order valence-electron chi connectivity index (χ0n) is 12.7. The Morgan fingerprint density at radius 3 is 2.81 bits per heavy atom. The van der Waals surface area contributed by atoms with E-state index < -0.39 is 0 Å². The maximum atomic E-state index is 5.69. The molecule has 1 aromatic carbocycles. The number of nitrogens with one attached hydrogen (secondary N) is 1. The van der Waals surface area contributed by atoms with E-state index in [1.54, 1.807) is 6.33 Å². The highest BCUT2D eigenvalue weighted by molar-refractivity contribution is 5.14. The third-order valence-electron chi connectivity index (χ3n) is 3.66. The van der Waals surface area contributed by atoms with Gasteiger partial charge in [0.15, 0.2) is 0 Å². The highest BCUT2D eigenvalue weighted by atomic mass is 15.3. The molecule has 1 atom stereocenters. The SMILES string of the molecule is CCCn1ncnc1CC(CCCc1ccccc1)NN. The number of hydrazine groups is 1. The summed E-state index contributed by atoms with van der Waals surface area (Å²) in [5, 5.41) is 4.26. The van der Waals surface area contributed by atoms with Crippen LogP contribution in [0.3, 0.4) is 0 Å². The number of hydrogen-bond donors (Lipinski definition) is 2. The van der Waals surface area contributed by atoms with Gasteiger partial charge in [-0.25, -0.2) is 4.98 Å². The first-order valence-corrected chi connectivity index (χ1v) is 7.70. The normalized spacial score (nSPS) is 12.5. The van der Waals surface area contributed by atoms with Crippen molar-refractivity contribution in [1.29, 1.82) is 0 Å². The summed E-state index contributed by atoms with van der Waals surface area (Å²) in [5.74, 6) is 6.70. The molecule has 2 rings (SSSR count). The first kappa shape index (κ1) is 15.7. The van der Waals surface area contributed by atoms with Crippen molar-refractivity contribution in [3.8, 4) is 0 Å². The second kappa shape index (κ2) is 8.54. The molecule has 3 N–H and O–H groups in total. The fourth-order valence-corrected chi connectivity index (χ4v) is 2.51. The van der Waals surface area contributed by atoms with Crippen LogP contribution < -0.4 is 11.3 Å². The van der Waals surface area contributed by atoms with Crippen molar-refractivity contribution in [3.05, 3.63) is 48.0 Å². The van der Waals surface area contributed by atoms with Gasteiger partial charge < -0.3 is 0 Å². The molecular weight excluding hydrogens is 262 g/mol. The average molecular weight is 287 g/mol. The van der Waals surface area contributed by atoms with Gasteiger partial charge in [0.25, 0.3) is 0 Å². The largest absolute Gasteiger partial charge is 0.271 e. The molecule has 114 valence electrons. The second-order valence-electron chi connectivity index (χ2n) is 5.34. The second-order valence-corrected chi connectivity index (χ2v) is 5.34. The maximum Gasteiger partial charge on any atom is 0.138 e. The molecule has 0 aliphatic heterocycles. The van der Waals surface area contributed by atoms with Crippen LogP contribution in [0.15, 0.2) is 36.7 Å². The van der Waals surface area contributed by atoms with Crippen molar-refractivity contribution in [1.82, 2.24) is 20.2 Å². The van der Waals surface area contributed by atoms with Crippen LogP contribution in [-0.2, 0) is 19.4 Å². The van der Waals surface area contributed by atoms with Crippen molar-refractivity contribution in [3.63, 3.8) is 0 Å². The van der Waals surface area contributed by atoms with E-state index in [4.69, 9.17) is 5.84 Å². The molecule has 2 aromatic rings. The number of aryl methyl sites for hydroxylation is 2. The van der Waals surface area contributed by atoms with Gasteiger partial charge in [-0.15, -0.1) is 0 Å². The van der Waals surface area contributed by atoms with E-state index in [-0.39, 0.29) is 6.04 Å². The van der Waals surface area contributed by atoms with Crippen LogP contribution >= 0.6 is 0 Å². The third kappa shape index (κ3) is 4.95. The topological polar surface area (TPSA) is 68.8 Å². The summed E-state index contributed by atoms with van der Waals surface area (Å²) in [4.78, 5) is 4.35. The molecule has 0 saturated carbocycles. The zero-order valence-corrected chi connectivity index (χ0v) is 12.7. The molecule has 1 aromatic heterocycles. The summed E-state index contributed by atoms with van der Waals surface area (Å²) >= 11 is 0. The molecule has 0 saturated heterocycles. The summed E-state index contributed by atoms with van der Waals surface area (Å²) in [7, 11) is 0. The summed E-state index contributed by atoms with van der Waals surface area (Å²) < 4.78 is 1.97. The minimum Gasteiger partial charge on any atom is -0.271 e. The van der Waals surface area contributed by atoms with E-state index in [9.17, 15) is 0 Å². The van der Waals surface area contributed by atoms with Crippen LogP contribution in [0.2, 0.25) is 0 Å². The van der Waals surface area contributed by atoms with E-state index >= 15 is 0 Å². The third-order valence-corrected chi connectivity index (χ3v) is 3.66. The van der Waals surface area contributed by atoms with Crippen LogP contribution in [0.5, 0.6) is 0 Å². The van der Waals surface area contributed by atoms with E-state index in [1.807, 2.05) is 10.7 Å². The van der Waals surface area contributed by atoms with Gasteiger partial charge in [0.2, 0.25) is 0 Å². The number of aromatic nitrogens is 3. The standard InChI is InChI=1S/C16H25N5/c1-2-11-21-16(18-13-19-21)12-15(20-17)10-6-9-14-7-4-3-5-8-14/h3-5,7-8,13,15,20H,2,6,9-12,17H2,1H3. The van der Waals surface area contributed by atoms with Crippen molar-refractivity contribution in [2.75, 3.05) is 0 Å². The van der Waals surface area contributed by atoms with Crippen LogP contribution in [0.1, 0.15) is 37.6 Å². The molecule has 5 nitrogen and oxygen atoms in total. The Morgan fingerprint density at radius 2 is 2.10 bits per heavy atom. The van der Waals surface area contributed by atoms with Gasteiger partial charge in [0.05, 0.1) is 0 Å². The average Bonchev–Trinajstić information content (AvgIpc) is 2.95. The minimum absolute atomic E-state index is 0.244. The Balaban J connectivity index is 1.81. The Hall–Kier alpha value is -1.72. The Morgan fingerprint density at radius 1 is 1.29 bits per heavy atom. The molecule has 1 unspecified atom stereocenters. The van der Waals surface area contributed by atoms with Crippen LogP contribution in [0, 0.1) is 0 Å². The van der Waals surface area contributed by atoms with Gasteiger partial charge in [0.1, 0.15) is 12.2 Å². The molecule has 0 amide bonds. The van der Waals surface area contributed by atoms with Gasteiger partial charge in [-0.1, -0.05) is 37.3 Å². The quantitative estimate of drug-likeness (QED) is 0.547.